The maximum absolute atomic E-state index is 9.83. The Labute approximate surface area is 164 Å². The Morgan fingerprint density at radius 3 is 2.82 bits per heavy atom. The summed E-state index contributed by atoms with van der Waals surface area (Å²) in [6.45, 7) is 4.76. The zero-order chi connectivity index (χ0) is 19.8. The van der Waals surface area contributed by atoms with Gasteiger partial charge in [-0.2, -0.15) is 10.4 Å². The average molecular weight is 373 g/mol. The lowest BCUT2D eigenvalue weighted by Crippen LogP contribution is -2.29. The number of anilines is 1. The highest BCUT2D eigenvalue weighted by Crippen LogP contribution is 2.38. The fourth-order valence-corrected chi connectivity index (χ4v) is 4.04. The number of nitriles is 1. The number of nitrogens with zero attached hydrogens (tertiary/aromatic N) is 5. The van der Waals surface area contributed by atoms with Crippen LogP contribution < -0.4 is 11.5 Å². The maximum atomic E-state index is 9.83. The molecule has 0 radical (unpaired) electrons. The number of nitrogen functional groups attached to an aromatic ring is 1. The Bertz CT molecular complexity index is 1080. The molecule has 0 fully saturated rings. The first-order valence-corrected chi connectivity index (χ1v) is 9.37. The molecule has 1 aliphatic rings. The summed E-state index contributed by atoms with van der Waals surface area (Å²) >= 11 is 0. The van der Waals surface area contributed by atoms with Crippen molar-refractivity contribution < 1.29 is 0 Å². The number of benzene rings is 1. The minimum atomic E-state index is 0.0728. The number of aromatic nitrogens is 4. The van der Waals surface area contributed by atoms with E-state index in [-0.39, 0.29) is 6.04 Å². The lowest BCUT2D eigenvalue weighted by atomic mass is 9.82. The monoisotopic (exact) mass is 373 g/mol. The molecule has 0 saturated carbocycles. The number of pyridine rings is 1. The molecular weight excluding hydrogens is 350 g/mol. The minimum Gasteiger partial charge on any atom is -0.383 e. The zero-order valence-electron chi connectivity index (χ0n) is 16.1. The summed E-state index contributed by atoms with van der Waals surface area (Å²) in [5, 5.41) is 14.0. The number of hydrogen-bond donors (Lipinski definition) is 2. The van der Waals surface area contributed by atoms with Crippen molar-refractivity contribution in [1.29, 1.82) is 5.26 Å². The van der Waals surface area contributed by atoms with Gasteiger partial charge in [0.05, 0.1) is 6.54 Å². The number of fused-ring (bicyclic) bond motifs is 1. The molecule has 3 aromatic rings. The normalized spacial score (nSPS) is 15.9. The molecule has 2 heterocycles. The average Bonchev–Trinajstić information content (AvgIpc) is 3.17. The summed E-state index contributed by atoms with van der Waals surface area (Å²) in [6.07, 6.45) is 5.61. The van der Waals surface area contributed by atoms with E-state index in [9.17, 15) is 5.26 Å². The van der Waals surface area contributed by atoms with Crippen molar-refractivity contribution in [2.75, 3.05) is 5.73 Å². The van der Waals surface area contributed by atoms with Gasteiger partial charge in [0.1, 0.15) is 30.1 Å². The predicted octanol–water partition coefficient (Wildman–Crippen LogP) is 2.28. The topological polar surface area (TPSA) is 119 Å². The molecular formula is C21H23N7. The molecule has 0 saturated heterocycles. The van der Waals surface area contributed by atoms with Gasteiger partial charge in [0.15, 0.2) is 0 Å². The smallest absolute Gasteiger partial charge is 0.142 e. The molecule has 28 heavy (non-hydrogen) atoms. The number of nitrogens with two attached hydrogens (primary N) is 2. The third-order valence-corrected chi connectivity index (χ3v) is 5.49. The fourth-order valence-electron chi connectivity index (χ4n) is 4.04. The fraction of sp³-hybridized carbons (Fsp3) is 0.333. The SMILES string of the molecule is Cc1cc(C)c(-c2c(C#N)c(N)nc3c2C[C@@H](N)CC3)cc1Cn1cncn1. The van der Waals surface area contributed by atoms with E-state index in [2.05, 4.69) is 47.1 Å². The van der Waals surface area contributed by atoms with Gasteiger partial charge in [-0.25, -0.2) is 14.6 Å². The summed E-state index contributed by atoms with van der Waals surface area (Å²) in [4.78, 5) is 8.53. The van der Waals surface area contributed by atoms with E-state index in [4.69, 9.17) is 11.5 Å². The van der Waals surface area contributed by atoms with Gasteiger partial charge in [-0.3, -0.25) is 0 Å². The molecule has 1 aromatic carbocycles. The van der Waals surface area contributed by atoms with Crippen LogP contribution in [0.25, 0.3) is 11.1 Å². The Hall–Kier alpha value is -3.24. The summed E-state index contributed by atoms with van der Waals surface area (Å²) < 4.78 is 1.79. The molecule has 7 heteroatoms. The minimum absolute atomic E-state index is 0.0728. The first kappa shape index (κ1) is 18.1. The first-order valence-electron chi connectivity index (χ1n) is 9.37. The second kappa shape index (κ2) is 7.06. The number of aryl methyl sites for hydroxylation is 3. The summed E-state index contributed by atoms with van der Waals surface area (Å²) in [5.41, 5.74) is 20.2. The van der Waals surface area contributed by atoms with Crippen LogP contribution in [0.3, 0.4) is 0 Å². The van der Waals surface area contributed by atoms with Crippen molar-refractivity contribution in [2.24, 2.45) is 5.73 Å². The highest BCUT2D eigenvalue weighted by Gasteiger charge is 2.26. The van der Waals surface area contributed by atoms with Gasteiger partial charge < -0.3 is 11.5 Å². The third kappa shape index (κ3) is 3.12. The standard InChI is InChI=1S/C21H23N7/c1-12-5-13(2)16(6-14(12)9-28-11-25-10-26-28)20-17-7-15(23)3-4-19(17)27-21(24)18(20)8-22/h5-6,10-11,15H,3-4,7,9,23H2,1-2H3,(H2,24,27)/t15-/m0/s1. The Morgan fingerprint density at radius 1 is 1.29 bits per heavy atom. The molecule has 0 bridgehead atoms. The summed E-state index contributed by atoms with van der Waals surface area (Å²) in [6, 6.07) is 6.64. The second-order valence-electron chi connectivity index (χ2n) is 7.47. The van der Waals surface area contributed by atoms with Crippen molar-refractivity contribution >= 4 is 5.82 Å². The Morgan fingerprint density at radius 2 is 2.11 bits per heavy atom. The second-order valence-corrected chi connectivity index (χ2v) is 7.47. The molecule has 142 valence electrons. The molecule has 4 N–H and O–H groups in total. The van der Waals surface area contributed by atoms with Crippen molar-refractivity contribution in [3.05, 3.63) is 58.3 Å². The van der Waals surface area contributed by atoms with E-state index < -0.39 is 0 Å². The molecule has 0 aliphatic heterocycles. The van der Waals surface area contributed by atoms with Crippen molar-refractivity contribution in [3.63, 3.8) is 0 Å². The van der Waals surface area contributed by atoms with Crippen molar-refractivity contribution in [2.45, 2.75) is 45.7 Å². The van der Waals surface area contributed by atoms with E-state index in [1.807, 2.05) is 0 Å². The van der Waals surface area contributed by atoms with Crippen LogP contribution in [0.4, 0.5) is 5.82 Å². The largest absolute Gasteiger partial charge is 0.383 e. The van der Waals surface area contributed by atoms with Crippen LogP contribution in [0, 0.1) is 25.2 Å². The van der Waals surface area contributed by atoms with Gasteiger partial charge in [0.2, 0.25) is 0 Å². The lowest BCUT2D eigenvalue weighted by molar-refractivity contribution is 0.568. The van der Waals surface area contributed by atoms with Crippen LogP contribution in [0.2, 0.25) is 0 Å². The molecule has 7 nitrogen and oxygen atoms in total. The van der Waals surface area contributed by atoms with E-state index in [1.54, 1.807) is 11.0 Å². The van der Waals surface area contributed by atoms with Crippen LogP contribution in [0.1, 0.15) is 39.9 Å². The van der Waals surface area contributed by atoms with E-state index in [0.717, 1.165) is 46.4 Å². The summed E-state index contributed by atoms with van der Waals surface area (Å²) in [7, 11) is 0. The van der Waals surface area contributed by atoms with Crippen LogP contribution >= 0.6 is 0 Å². The Balaban J connectivity index is 1.94. The molecule has 4 rings (SSSR count). The molecule has 2 aromatic heterocycles. The molecule has 1 atom stereocenters. The van der Waals surface area contributed by atoms with Gasteiger partial charge in [-0.05, 0) is 67.0 Å². The number of rotatable bonds is 3. The van der Waals surface area contributed by atoms with Crippen LogP contribution in [0.15, 0.2) is 24.8 Å². The van der Waals surface area contributed by atoms with E-state index >= 15 is 0 Å². The van der Waals surface area contributed by atoms with Gasteiger partial charge in [-0.1, -0.05) is 6.07 Å². The lowest BCUT2D eigenvalue weighted by Gasteiger charge is -2.26. The first-order chi connectivity index (χ1) is 13.5. The van der Waals surface area contributed by atoms with Crippen molar-refractivity contribution in [3.8, 4) is 17.2 Å². The van der Waals surface area contributed by atoms with Gasteiger partial charge in [0.25, 0.3) is 0 Å². The van der Waals surface area contributed by atoms with Gasteiger partial charge >= 0.3 is 0 Å². The van der Waals surface area contributed by atoms with E-state index in [1.165, 1.54) is 11.9 Å². The zero-order valence-corrected chi connectivity index (χ0v) is 16.1. The predicted molar refractivity (Wildman–Crippen MR) is 107 cm³/mol. The summed E-state index contributed by atoms with van der Waals surface area (Å²) in [5.74, 6) is 0.296. The van der Waals surface area contributed by atoms with Crippen LogP contribution in [0.5, 0.6) is 0 Å². The quantitative estimate of drug-likeness (QED) is 0.727. The highest BCUT2D eigenvalue weighted by molar-refractivity contribution is 5.82. The highest BCUT2D eigenvalue weighted by atomic mass is 15.3. The molecule has 1 aliphatic carbocycles. The molecule has 0 spiro atoms. The van der Waals surface area contributed by atoms with Crippen LogP contribution in [-0.2, 0) is 19.4 Å². The van der Waals surface area contributed by atoms with Gasteiger partial charge in [0, 0.05) is 17.3 Å². The molecule has 0 amide bonds. The Kier molecular flexibility index (Phi) is 4.57. The van der Waals surface area contributed by atoms with Crippen LogP contribution in [-0.4, -0.2) is 25.8 Å². The maximum Gasteiger partial charge on any atom is 0.142 e. The van der Waals surface area contributed by atoms with E-state index in [0.29, 0.717) is 24.3 Å². The van der Waals surface area contributed by atoms with Crippen molar-refractivity contribution in [1.82, 2.24) is 19.7 Å². The number of hydrogen-bond acceptors (Lipinski definition) is 6. The van der Waals surface area contributed by atoms with Gasteiger partial charge in [-0.15, -0.1) is 0 Å². The third-order valence-electron chi connectivity index (χ3n) is 5.49. The molecule has 0 unspecified atom stereocenters.